The van der Waals surface area contributed by atoms with Crippen LogP contribution in [0.4, 0.5) is 0 Å². The highest BCUT2D eigenvalue weighted by atomic mass is 32.2. The van der Waals surface area contributed by atoms with Crippen molar-refractivity contribution in [3.8, 4) is 0 Å². The van der Waals surface area contributed by atoms with Crippen LogP contribution in [0.2, 0.25) is 0 Å². The van der Waals surface area contributed by atoms with Crippen molar-refractivity contribution in [2.75, 3.05) is 7.11 Å². The summed E-state index contributed by atoms with van der Waals surface area (Å²) in [6.07, 6.45) is 1.68. The molecule has 0 saturated heterocycles. The van der Waals surface area contributed by atoms with Gasteiger partial charge in [0.15, 0.2) is 5.16 Å². The van der Waals surface area contributed by atoms with Gasteiger partial charge in [0.25, 0.3) is 5.56 Å². The standard InChI is InChI=1S/C18H16N2O3S2/c1-3-8-20-16(21)14-7-9-24-15(14)19-18(20)25-11-12-5-4-6-13(10-12)17(22)23-2/h3-7,9-10H,1,8,11H2,2H3. The van der Waals surface area contributed by atoms with Crippen LogP contribution in [0.25, 0.3) is 10.2 Å². The number of aromatic nitrogens is 2. The van der Waals surface area contributed by atoms with Gasteiger partial charge < -0.3 is 4.74 Å². The fourth-order valence-corrected chi connectivity index (χ4v) is 4.14. The van der Waals surface area contributed by atoms with E-state index in [0.717, 1.165) is 10.4 Å². The van der Waals surface area contributed by atoms with E-state index in [2.05, 4.69) is 11.6 Å². The quantitative estimate of drug-likeness (QED) is 0.286. The number of carbonyl (C=O) groups excluding carboxylic acids is 1. The number of hydrogen-bond donors (Lipinski definition) is 0. The van der Waals surface area contributed by atoms with Crippen molar-refractivity contribution in [3.63, 3.8) is 0 Å². The van der Waals surface area contributed by atoms with Gasteiger partial charge in [-0.15, -0.1) is 17.9 Å². The lowest BCUT2D eigenvalue weighted by molar-refractivity contribution is 0.0600. The van der Waals surface area contributed by atoms with Crippen LogP contribution in [-0.4, -0.2) is 22.6 Å². The molecule has 128 valence electrons. The van der Waals surface area contributed by atoms with E-state index in [1.54, 1.807) is 28.8 Å². The van der Waals surface area contributed by atoms with Crippen LogP contribution in [-0.2, 0) is 17.0 Å². The first-order valence-electron chi connectivity index (χ1n) is 7.53. The third kappa shape index (κ3) is 3.67. The molecule has 2 aromatic heterocycles. The zero-order valence-electron chi connectivity index (χ0n) is 13.6. The number of benzene rings is 1. The summed E-state index contributed by atoms with van der Waals surface area (Å²) >= 11 is 2.91. The summed E-state index contributed by atoms with van der Waals surface area (Å²) < 4.78 is 6.37. The first kappa shape index (κ1) is 17.4. The Morgan fingerprint density at radius 2 is 2.28 bits per heavy atom. The maximum atomic E-state index is 12.6. The fraction of sp³-hybridized carbons (Fsp3) is 0.167. The molecular weight excluding hydrogens is 356 g/mol. The number of hydrogen-bond acceptors (Lipinski definition) is 6. The first-order chi connectivity index (χ1) is 12.1. The Morgan fingerprint density at radius 3 is 3.04 bits per heavy atom. The van der Waals surface area contributed by atoms with Gasteiger partial charge in [-0.25, -0.2) is 9.78 Å². The van der Waals surface area contributed by atoms with Crippen molar-refractivity contribution in [1.29, 1.82) is 0 Å². The minimum absolute atomic E-state index is 0.0584. The van der Waals surface area contributed by atoms with E-state index in [1.807, 2.05) is 17.5 Å². The van der Waals surface area contributed by atoms with Crippen molar-refractivity contribution in [3.05, 3.63) is 69.8 Å². The van der Waals surface area contributed by atoms with Crippen LogP contribution in [0.1, 0.15) is 15.9 Å². The molecule has 3 aromatic rings. The summed E-state index contributed by atoms with van der Waals surface area (Å²) in [5.74, 6) is 0.222. The highest BCUT2D eigenvalue weighted by Gasteiger charge is 2.12. The van der Waals surface area contributed by atoms with Gasteiger partial charge in [0.05, 0.1) is 18.1 Å². The van der Waals surface area contributed by atoms with Gasteiger partial charge in [-0.2, -0.15) is 0 Å². The minimum atomic E-state index is -0.367. The van der Waals surface area contributed by atoms with E-state index in [9.17, 15) is 9.59 Å². The second-order valence-corrected chi connectivity index (χ2v) is 7.06. The van der Waals surface area contributed by atoms with Gasteiger partial charge in [-0.3, -0.25) is 9.36 Å². The molecule has 0 saturated carbocycles. The number of methoxy groups -OCH3 is 1. The molecule has 0 fully saturated rings. The van der Waals surface area contributed by atoms with E-state index in [-0.39, 0.29) is 11.5 Å². The van der Waals surface area contributed by atoms with Crippen LogP contribution in [0.15, 0.2) is 58.3 Å². The average Bonchev–Trinajstić information content (AvgIpc) is 3.11. The topological polar surface area (TPSA) is 61.2 Å². The highest BCUT2D eigenvalue weighted by molar-refractivity contribution is 7.98. The Labute approximate surface area is 153 Å². The maximum absolute atomic E-state index is 12.6. The van der Waals surface area contributed by atoms with Gasteiger partial charge in [0, 0.05) is 12.3 Å². The molecule has 0 amide bonds. The number of fused-ring (bicyclic) bond motifs is 1. The van der Waals surface area contributed by atoms with Crippen LogP contribution < -0.4 is 5.56 Å². The molecule has 3 rings (SSSR count). The summed E-state index contributed by atoms with van der Waals surface area (Å²) in [6.45, 7) is 4.12. The van der Waals surface area contributed by atoms with Crippen LogP contribution in [0.3, 0.4) is 0 Å². The van der Waals surface area contributed by atoms with E-state index in [0.29, 0.717) is 28.4 Å². The van der Waals surface area contributed by atoms with E-state index in [4.69, 9.17) is 4.74 Å². The number of ether oxygens (including phenoxy) is 1. The van der Waals surface area contributed by atoms with Crippen molar-refractivity contribution in [2.45, 2.75) is 17.5 Å². The molecule has 0 N–H and O–H groups in total. The number of esters is 1. The largest absolute Gasteiger partial charge is 0.465 e. The molecule has 25 heavy (non-hydrogen) atoms. The van der Waals surface area contributed by atoms with Gasteiger partial charge in [-0.1, -0.05) is 30.0 Å². The predicted octanol–water partition coefficient (Wildman–Crippen LogP) is 3.72. The zero-order chi connectivity index (χ0) is 17.8. The molecule has 0 bridgehead atoms. The summed E-state index contributed by atoms with van der Waals surface area (Å²) in [6, 6.07) is 9.04. The SMILES string of the molecule is C=CCn1c(SCc2cccc(C(=O)OC)c2)nc2sccc2c1=O. The van der Waals surface area contributed by atoms with Crippen LogP contribution in [0.5, 0.6) is 0 Å². The zero-order valence-corrected chi connectivity index (χ0v) is 15.2. The summed E-state index contributed by atoms with van der Waals surface area (Å²) in [5.41, 5.74) is 1.40. The molecule has 0 aliphatic heterocycles. The molecule has 0 radical (unpaired) electrons. The van der Waals surface area contributed by atoms with Crippen LogP contribution in [0, 0.1) is 0 Å². The molecule has 0 unspecified atom stereocenters. The molecule has 1 aromatic carbocycles. The smallest absolute Gasteiger partial charge is 0.337 e. The number of thioether (sulfide) groups is 1. The van der Waals surface area contributed by atoms with Crippen molar-refractivity contribution in [1.82, 2.24) is 9.55 Å². The second kappa shape index (κ2) is 7.67. The normalized spacial score (nSPS) is 10.8. The molecular formula is C18H16N2O3S2. The first-order valence-corrected chi connectivity index (χ1v) is 9.39. The van der Waals surface area contributed by atoms with Crippen molar-refractivity contribution in [2.24, 2.45) is 0 Å². The number of rotatable bonds is 6. The monoisotopic (exact) mass is 372 g/mol. The van der Waals surface area contributed by atoms with Gasteiger partial charge >= 0.3 is 5.97 Å². The predicted molar refractivity (Wildman–Crippen MR) is 101 cm³/mol. The van der Waals surface area contributed by atoms with Gasteiger partial charge in [0.2, 0.25) is 0 Å². The van der Waals surface area contributed by atoms with E-state index < -0.39 is 0 Å². The third-order valence-corrected chi connectivity index (χ3v) is 5.43. The molecule has 0 aliphatic carbocycles. The molecule has 2 heterocycles. The molecule has 7 heteroatoms. The number of allylic oxidation sites excluding steroid dienone is 1. The molecule has 0 atom stereocenters. The lowest BCUT2D eigenvalue weighted by Crippen LogP contribution is -2.22. The maximum Gasteiger partial charge on any atom is 0.337 e. The Morgan fingerprint density at radius 1 is 1.44 bits per heavy atom. The van der Waals surface area contributed by atoms with Crippen LogP contribution >= 0.6 is 23.1 Å². The molecule has 0 spiro atoms. The Hall–Kier alpha value is -2.38. The Bertz CT molecular complexity index is 991. The van der Waals surface area contributed by atoms with E-state index >= 15 is 0 Å². The van der Waals surface area contributed by atoms with Crippen molar-refractivity contribution >= 4 is 39.3 Å². The van der Waals surface area contributed by atoms with Gasteiger partial charge in [0.1, 0.15) is 4.83 Å². The summed E-state index contributed by atoms with van der Waals surface area (Å²) in [7, 11) is 1.36. The lowest BCUT2D eigenvalue weighted by atomic mass is 10.1. The Balaban J connectivity index is 1.90. The second-order valence-electron chi connectivity index (χ2n) is 5.22. The summed E-state index contributed by atoms with van der Waals surface area (Å²) in [5, 5.41) is 3.14. The lowest BCUT2D eigenvalue weighted by Gasteiger charge is -2.10. The number of carbonyl (C=O) groups is 1. The third-order valence-electron chi connectivity index (χ3n) is 3.58. The average molecular weight is 372 g/mol. The number of thiophene rings is 1. The molecule has 5 nitrogen and oxygen atoms in total. The minimum Gasteiger partial charge on any atom is -0.465 e. The number of nitrogens with zero attached hydrogens (tertiary/aromatic N) is 2. The highest BCUT2D eigenvalue weighted by Crippen LogP contribution is 2.24. The van der Waals surface area contributed by atoms with Crippen molar-refractivity contribution < 1.29 is 9.53 Å². The Kier molecular flexibility index (Phi) is 5.35. The molecule has 0 aliphatic rings. The van der Waals surface area contributed by atoms with Gasteiger partial charge in [-0.05, 0) is 29.1 Å². The van der Waals surface area contributed by atoms with E-state index in [1.165, 1.54) is 30.2 Å². The fourth-order valence-electron chi connectivity index (χ4n) is 2.38. The summed E-state index contributed by atoms with van der Waals surface area (Å²) in [4.78, 5) is 29.6.